The second-order valence-corrected chi connectivity index (χ2v) is 12.8. The largest absolute Gasteiger partial charge is 0.545 e. The molecule has 0 bridgehead atoms. The van der Waals surface area contributed by atoms with E-state index in [0.29, 0.717) is 17.4 Å². The van der Waals surface area contributed by atoms with Crippen LogP contribution < -0.4 is 5.11 Å². The lowest BCUT2D eigenvalue weighted by atomic mass is 10.1. The van der Waals surface area contributed by atoms with Crippen molar-refractivity contribution in [3.8, 4) is 0 Å². The number of carboxylic acids is 1. The first-order valence-electron chi connectivity index (χ1n) is 17.8. The van der Waals surface area contributed by atoms with Crippen LogP contribution in [0.5, 0.6) is 0 Å². The zero-order valence-corrected chi connectivity index (χ0v) is 30.1. The van der Waals surface area contributed by atoms with Crippen molar-refractivity contribution in [2.45, 2.75) is 129 Å². The van der Waals surface area contributed by atoms with Crippen LogP contribution in [0.3, 0.4) is 0 Å². The number of hydrogen-bond donors (Lipinski definition) is 0. The average Bonchev–Trinajstić information content (AvgIpc) is 3.02. The van der Waals surface area contributed by atoms with Crippen molar-refractivity contribution in [2.24, 2.45) is 0 Å². The minimum atomic E-state index is -1.63. The van der Waals surface area contributed by atoms with Gasteiger partial charge in [-0.1, -0.05) is 101 Å². The molecule has 2 unspecified atom stereocenters. The number of ether oxygens (including phenoxy) is 4. The van der Waals surface area contributed by atoms with Crippen LogP contribution in [0.2, 0.25) is 0 Å². The topological polar surface area (TPSA) is 111 Å². The second kappa shape index (κ2) is 30.6. The Labute approximate surface area is 285 Å². The van der Waals surface area contributed by atoms with E-state index in [-0.39, 0.29) is 38.6 Å². The third-order valence-electron chi connectivity index (χ3n) is 7.09. The highest BCUT2D eigenvalue weighted by atomic mass is 16.7. The van der Waals surface area contributed by atoms with E-state index in [1.54, 1.807) is 0 Å². The number of rotatable bonds is 31. The molecule has 2 atom stereocenters. The summed E-state index contributed by atoms with van der Waals surface area (Å²) in [5.74, 6) is -2.36. The molecule has 0 aromatic rings. The summed E-state index contributed by atoms with van der Waals surface area (Å²) in [5, 5.41) is 11.6. The Hall–Kier alpha value is -2.75. The van der Waals surface area contributed by atoms with Gasteiger partial charge in [0.2, 0.25) is 0 Å². The predicted molar refractivity (Wildman–Crippen MR) is 186 cm³/mol. The summed E-state index contributed by atoms with van der Waals surface area (Å²) >= 11 is 0. The number of unbranched alkanes of at least 4 members (excludes halogenated alkanes) is 8. The average molecular weight is 664 g/mol. The molecular formula is C38H65NO8. The Morgan fingerprint density at radius 3 is 1.81 bits per heavy atom. The molecule has 270 valence electrons. The fourth-order valence-electron chi connectivity index (χ4n) is 4.29. The van der Waals surface area contributed by atoms with Crippen molar-refractivity contribution in [1.29, 1.82) is 0 Å². The van der Waals surface area contributed by atoms with E-state index in [0.717, 1.165) is 64.2 Å². The van der Waals surface area contributed by atoms with Gasteiger partial charge in [-0.3, -0.25) is 9.59 Å². The van der Waals surface area contributed by atoms with E-state index >= 15 is 0 Å². The van der Waals surface area contributed by atoms with Crippen molar-refractivity contribution < 1.29 is 42.9 Å². The third-order valence-corrected chi connectivity index (χ3v) is 7.09. The molecule has 0 aromatic carbocycles. The molecule has 0 N–H and O–H groups in total. The Morgan fingerprint density at radius 1 is 0.660 bits per heavy atom. The van der Waals surface area contributed by atoms with E-state index in [2.05, 4.69) is 62.5 Å². The summed E-state index contributed by atoms with van der Waals surface area (Å²) in [5.41, 5.74) is 0. The first-order valence-corrected chi connectivity index (χ1v) is 17.8. The summed E-state index contributed by atoms with van der Waals surface area (Å²) in [6.07, 6.45) is 28.8. The summed E-state index contributed by atoms with van der Waals surface area (Å²) < 4.78 is 22.3. The molecule has 0 spiro atoms. The monoisotopic (exact) mass is 663 g/mol. The molecule has 9 nitrogen and oxygen atoms in total. The smallest absolute Gasteiger partial charge is 0.306 e. The number of likely N-dealkylation sites (N-methyl/N-ethyl adjacent to an activating group) is 1. The maximum atomic E-state index is 12.6. The zero-order chi connectivity index (χ0) is 35.0. The Balaban J connectivity index is 4.64. The first kappa shape index (κ1) is 44.2. The minimum absolute atomic E-state index is 0.138. The number of aliphatic carboxylic acids is 1. The molecule has 0 rings (SSSR count). The summed E-state index contributed by atoms with van der Waals surface area (Å²) in [6, 6.07) is 0. The fourth-order valence-corrected chi connectivity index (χ4v) is 4.29. The Bertz CT molecular complexity index is 919. The SMILES string of the molecule is CC/C=C\C/C=C\C/C=C\C/C=C\CCCCC(=O)OC(COC(=O)CCCCCCCCC)COC(OCC[N+](C)(C)C)C(=O)[O-]. The molecule has 0 amide bonds. The van der Waals surface area contributed by atoms with Gasteiger partial charge in [0, 0.05) is 12.8 Å². The van der Waals surface area contributed by atoms with E-state index in [1.165, 1.54) is 19.3 Å². The van der Waals surface area contributed by atoms with Gasteiger partial charge in [0.25, 0.3) is 0 Å². The van der Waals surface area contributed by atoms with E-state index in [9.17, 15) is 19.5 Å². The second-order valence-electron chi connectivity index (χ2n) is 12.8. The van der Waals surface area contributed by atoms with Gasteiger partial charge in [0.05, 0.1) is 40.3 Å². The van der Waals surface area contributed by atoms with Crippen LogP contribution in [-0.2, 0) is 33.3 Å². The van der Waals surface area contributed by atoms with Crippen molar-refractivity contribution in [3.63, 3.8) is 0 Å². The van der Waals surface area contributed by atoms with E-state index in [1.807, 2.05) is 21.1 Å². The maximum Gasteiger partial charge on any atom is 0.306 e. The zero-order valence-electron chi connectivity index (χ0n) is 30.1. The molecule has 0 saturated carbocycles. The lowest BCUT2D eigenvalue weighted by molar-refractivity contribution is -0.870. The van der Waals surface area contributed by atoms with E-state index < -0.39 is 24.3 Å². The highest BCUT2D eigenvalue weighted by molar-refractivity contribution is 5.70. The van der Waals surface area contributed by atoms with Gasteiger partial charge in [-0.05, 0) is 51.4 Å². The summed E-state index contributed by atoms with van der Waals surface area (Å²) in [4.78, 5) is 36.5. The van der Waals surface area contributed by atoms with Crippen LogP contribution in [-0.4, -0.2) is 82.3 Å². The van der Waals surface area contributed by atoms with Crippen LogP contribution in [0, 0.1) is 0 Å². The summed E-state index contributed by atoms with van der Waals surface area (Å²) in [7, 11) is 5.87. The van der Waals surface area contributed by atoms with Crippen molar-refractivity contribution >= 4 is 17.9 Å². The van der Waals surface area contributed by atoms with Gasteiger partial charge in [0.1, 0.15) is 13.2 Å². The number of esters is 2. The summed E-state index contributed by atoms with van der Waals surface area (Å²) in [6.45, 7) is 4.48. The molecule has 0 saturated heterocycles. The van der Waals surface area contributed by atoms with Crippen LogP contribution >= 0.6 is 0 Å². The number of hydrogen-bond acceptors (Lipinski definition) is 8. The molecule has 0 aliphatic heterocycles. The van der Waals surface area contributed by atoms with Gasteiger partial charge in [-0.15, -0.1) is 0 Å². The number of quaternary nitrogens is 1. The van der Waals surface area contributed by atoms with Crippen molar-refractivity contribution in [1.82, 2.24) is 0 Å². The molecule has 0 aromatic heterocycles. The fraction of sp³-hybridized carbons (Fsp3) is 0.711. The molecule has 0 aliphatic carbocycles. The number of allylic oxidation sites excluding steroid dienone is 8. The minimum Gasteiger partial charge on any atom is -0.545 e. The van der Waals surface area contributed by atoms with Crippen LogP contribution in [0.15, 0.2) is 48.6 Å². The van der Waals surface area contributed by atoms with Crippen molar-refractivity contribution in [2.75, 3.05) is 47.5 Å². The Kier molecular flexibility index (Phi) is 28.8. The number of carboxylic acid groups (broad SMARTS) is 1. The number of carbonyl (C=O) groups is 3. The molecule has 0 heterocycles. The molecular weight excluding hydrogens is 598 g/mol. The lowest BCUT2D eigenvalue weighted by Crippen LogP contribution is -2.44. The highest BCUT2D eigenvalue weighted by Gasteiger charge is 2.21. The normalized spacial score (nSPS) is 13.6. The third kappa shape index (κ3) is 31.6. The van der Waals surface area contributed by atoms with Crippen LogP contribution in [0.1, 0.15) is 117 Å². The van der Waals surface area contributed by atoms with Gasteiger partial charge < -0.3 is 33.3 Å². The Morgan fingerprint density at radius 2 is 1.21 bits per heavy atom. The quantitative estimate of drug-likeness (QED) is 0.0263. The predicted octanol–water partition coefficient (Wildman–Crippen LogP) is 6.76. The molecule has 47 heavy (non-hydrogen) atoms. The molecule has 0 radical (unpaired) electrons. The number of nitrogens with zero attached hydrogens (tertiary/aromatic N) is 1. The maximum absolute atomic E-state index is 12.6. The van der Waals surface area contributed by atoms with Crippen LogP contribution in [0.4, 0.5) is 0 Å². The molecule has 0 fully saturated rings. The van der Waals surface area contributed by atoms with Gasteiger partial charge in [-0.2, -0.15) is 0 Å². The van der Waals surface area contributed by atoms with E-state index in [4.69, 9.17) is 18.9 Å². The standard InChI is InChI=1S/C38H65NO8/c1-6-8-10-12-14-15-16-17-18-19-20-21-23-25-27-29-36(41)47-34(32-45-35(40)28-26-24-22-13-11-9-7-2)33-46-38(37(42)43)44-31-30-39(3,4)5/h8,10,14-15,17-18,20-21,34,38H,6-7,9,11-13,16,19,22-33H2,1-5H3/b10-8-,15-14-,18-17-,21-20-. The molecule has 9 heteroatoms. The van der Waals surface area contributed by atoms with Crippen molar-refractivity contribution in [3.05, 3.63) is 48.6 Å². The lowest BCUT2D eigenvalue weighted by Gasteiger charge is -2.26. The van der Waals surface area contributed by atoms with Gasteiger partial charge in [-0.25, -0.2) is 0 Å². The number of carbonyl (C=O) groups excluding carboxylic acids is 3. The van der Waals surface area contributed by atoms with Gasteiger partial charge in [0.15, 0.2) is 12.4 Å². The molecule has 0 aliphatic rings. The van der Waals surface area contributed by atoms with Crippen LogP contribution in [0.25, 0.3) is 0 Å². The first-order chi connectivity index (χ1) is 22.6. The van der Waals surface area contributed by atoms with Gasteiger partial charge >= 0.3 is 11.9 Å². The highest BCUT2D eigenvalue weighted by Crippen LogP contribution is 2.11.